The number of hydrogen-bond donors (Lipinski definition) is 1. The van der Waals surface area contributed by atoms with Gasteiger partial charge in [0.2, 0.25) is 6.79 Å². The second-order valence-electron chi connectivity index (χ2n) is 6.96. The predicted molar refractivity (Wildman–Crippen MR) is 96.5 cm³/mol. The topological polar surface area (TPSA) is 63.9 Å². The van der Waals surface area contributed by atoms with Crippen LogP contribution in [-0.2, 0) is 0 Å². The number of carbonyl (C=O) groups is 1. The Balaban J connectivity index is 1.32. The Kier molecular flexibility index (Phi) is 4.59. The maximum Gasteiger partial charge on any atom is 0.257 e. The summed E-state index contributed by atoms with van der Waals surface area (Å²) in [6.45, 7) is 5.80. The molecule has 6 heteroatoms. The number of hydrogen-bond acceptors (Lipinski definition) is 5. The average molecular weight is 356 g/mol. The third kappa shape index (κ3) is 3.29. The van der Waals surface area contributed by atoms with Gasteiger partial charge in [0, 0.05) is 25.2 Å². The van der Waals surface area contributed by atoms with Gasteiger partial charge < -0.3 is 24.1 Å². The van der Waals surface area contributed by atoms with Crippen molar-refractivity contribution < 1.29 is 18.7 Å². The molecule has 0 bridgehead atoms. The number of benzene rings is 1. The number of nitrogens with zero attached hydrogens (tertiary/aromatic N) is 1. The van der Waals surface area contributed by atoms with E-state index < -0.39 is 0 Å². The number of piperidine rings is 1. The molecule has 1 aromatic heterocycles. The highest BCUT2D eigenvalue weighted by atomic mass is 16.7. The SMILES string of the molecule is Cc1occc1C(=O)N1CCC(NC(C)c2ccc3c(c2)OCO3)CC1. The summed E-state index contributed by atoms with van der Waals surface area (Å²) in [5, 5.41) is 3.68. The lowest BCUT2D eigenvalue weighted by atomic mass is 10.0. The van der Waals surface area contributed by atoms with Crippen LogP contribution in [0.5, 0.6) is 11.5 Å². The van der Waals surface area contributed by atoms with Gasteiger partial charge in [-0.25, -0.2) is 0 Å². The summed E-state index contributed by atoms with van der Waals surface area (Å²) >= 11 is 0. The van der Waals surface area contributed by atoms with Crippen molar-refractivity contribution in [1.82, 2.24) is 10.2 Å². The van der Waals surface area contributed by atoms with Gasteiger partial charge in [-0.2, -0.15) is 0 Å². The van der Waals surface area contributed by atoms with E-state index in [1.807, 2.05) is 24.0 Å². The Morgan fingerprint density at radius 2 is 1.96 bits per heavy atom. The van der Waals surface area contributed by atoms with E-state index in [2.05, 4.69) is 18.3 Å². The maximum absolute atomic E-state index is 12.6. The van der Waals surface area contributed by atoms with Gasteiger partial charge in [-0.3, -0.25) is 4.79 Å². The van der Waals surface area contributed by atoms with E-state index in [1.165, 1.54) is 5.56 Å². The zero-order valence-electron chi connectivity index (χ0n) is 15.2. The molecular formula is C20H24N2O4. The number of likely N-dealkylation sites (tertiary alicyclic amines) is 1. The van der Waals surface area contributed by atoms with E-state index in [9.17, 15) is 4.79 Å². The van der Waals surface area contributed by atoms with E-state index in [1.54, 1.807) is 12.3 Å². The van der Waals surface area contributed by atoms with Crippen LogP contribution in [0.1, 0.15) is 47.5 Å². The molecule has 2 aliphatic heterocycles. The minimum absolute atomic E-state index is 0.0681. The zero-order chi connectivity index (χ0) is 18.1. The van der Waals surface area contributed by atoms with Gasteiger partial charge in [-0.15, -0.1) is 0 Å². The largest absolute Gasteiger partial charge is 0.469 e. The maximum atomic E-state index is 12.6. The van der Waals surface area contributed by atoms with E-state index in [-0.39, 0.29) is 11.9 Å². The predicted octanol–water partition coefficient (Wildman–Crippen LogP) is 3.27. The lowest BCUT2D eigenvalue weighted by Crippen LogP contribution is -2.45. The molecule has 1 unspecified atom stereocenters. The molecule has 1 saturated heterocycles. The normalized spacial score (nSPS) is 18.2. The number of furan rings is 1. The van der Waals surface area contributed by atoms with Crippen LogP contribution >= 0.6 is 0 Å². The Labute approximate surface area is 153 Å². The molecule has 0 saturated carbocycles. The molecule has 2 aliphatic rings. The Bertz CT molecular complexity index is 793. The van der Waals surface area contributed by atoms with Crippen LogP contribution in [0.25, 0.3) is 0 Å². The molecule has 0 spiro atoms. The first-order chi connectivity index (χ1) is 12.6. The second-order valence-corrected chi connectivity index (χ2v) is 6.96. The number of carbonyl (C=O) groups excluding carboxylic acids is 1. The van der Waals surface area contributed by atoms with Crippen LogP contribution in [0, 0.1) is 6.92 Å². The summed E-state index contributed by atoms with van der Waals surface area (Å²) in [5.74, 6) is 2.37. The van der Waals surface area contributed by atoms with Gasteiger partial charge in [-0.1, -0.05) is 6.07 Å². The van der Waals surface area contributed by atoms with E-state index in [4.69, 9.17) is 13.9 Å². The number of nitrogens with one attached hydrogen (secondary N) is 1. The molecule has 2 aromatic rings. The fraction of sp³-hybridized carbons (Fsp3) is 0.450. The highest BCUT2D eigenvalue weighted by Crippen LogP contribution is 2.34. The minimum atomic E-state index is 0.0681. The summed E-state index contributed by atoms with van der Waals surface area (Å²) in [6.07, 6.45) is 3.46. The first-order valence-electron chi connectivity index (χ1n) is 9.11. The molecular weight excluding hydrogens is 332 g/mol. The molecule has 1 atom stereocenters. The highest BCUT2D eigenvalue weighted by Gasteiger charge is 2.26. The van der Waals surface area contributed by atoms with E-state index in [0.29, 0.717) is 24.2 Å². The minimum Gasteiger partial charge on any atom is -0.469 e. The van der Waals surface area contributed by atoms with Crippen LogP contribution in [-0.4, -0.2) is 36.7 Å². The molecule has 3 heterocycles. The van der Waals surface area contributed by atoms with Crippen molar-refractivity contribution in [3.05, 3.63) is 47.4 Å². The second kappa shape index (κ2) is 7.03. The molecule has 138 valence electrons. The van der Waals surface area contributed by atoms with E-state index >= 15 is 0 Å². The van der Waals surface area contributed by atoms with Gasteiger partial charge in [0.15, 0.2) is 11.5 Å². The fourth-order valence-corrected chi connectivity index (χ4v) is 3.66. The number of amides is 1. The van der Waals surface area contributed by atoms with Crippen molar-refractivity contribution >= 4 is 5.91 Å². The lowest BCUT2D eigenvalue weighted by Gasteiger charge is -2.34. The summed E-state index contributed by atoms with van der Waals surface area (Å²) in [4.78, 5) is 14.5. The number of rotatable bonds is 4. The van der Waals surface area contributed by atoms with Crippen LogP contribution < -0.4 is 14.8 Å². The molecule has 26 heavy (non-hydrogen) atoms. The van der Waals surface area contributed by atoms with Crippen LogP contribution in [0.4, 0.5) is 0 Å². The molecule has 1 amide bonds. The first-order valence-corrected chi connectivity index (χ1v) is 9.11. The Morgan fingerprint density at radius 1 is 1.19 bits per heavy atom. The quantitative estimate of drug-likeness (QED) is 0.911. The summed E-state index contributed by atoms with van der Waals surface area (Å²) in [6, 6.07) is 8.44. The monoisotopic (exact) mass is 356 g/mol. The third-order valence-electron chi connectivity index (χ3n) is 5.25. The zero-order valence-corrected chi connectivity index (χ0v) is 15.2. The summed E-state index contributed by atoms with van der Waals surface area (Å²) in [7, 11) is 0. The van der Waals surface area contributed by atoms with Gasteiger partial charge in [0.05, 0.1) is 11.8 Å². The Morgan fingerprint density at radius 3 is 2.69 bits per heavy atom. The molecule has 1 fully saturated rings. The standard InChI is InChI=1S/C20H24N2O4/c1-13(15-3-4-18-19(11-15)26-12-25-18)21-16-5-8-22(9-6-16)20(23)17-7-10-24-14(17)2/h3-4,7,10-11,13,16,21H,5-6,8-9,12H2,1-2H3. The summed E-state index contributed by atoms with van der Waals surface area (Å²) in [5.41, 5.74) is 1.85. The smallest absolute Gasteiger partial charge is 0.257 e. The molecule has 1 aromatic carbocycles. The molecule has 0 radical (unpaired) electrons. The molecule has 1 N–H and O–H groups in total. The van der Waals surface area contributed by atoms with Gasteiger partial charge >= 0.3 is 0 Å². The van der Waals surface area contributed by atoms with Crippen molar-refractivity contribution in [3.8, 4) is 11.5 Å². The van der Waals surface area contributed by atoms with Crippen LogP contribution in [0.3, 0.4) is 0 Å². The number of aryl methyl sites for hydroxylation is 1. The third-order valence-corrected chi connectivity index (χ3v) is 5.25. The van der Waals surface area contributed by atoms with Gasteiger partial charge in [0.25, 0.3) is 5.91 Å². The van der Waals surface area contributed by atoms with Crippen molar-refractivity contribution in [3.63, 3.8) is 0 Å². The van der Waals surface area contributed by atoms with Gasteiger partial charge in [0.1, 0.15) is 5.76 Å². The molecule has 6 nitrogen and oxygen atoms in total. The van der Waals surface area contributed by atoms with Gasteiger partial charge in [-0.05, 0) is 50.5 Å². The number of fused-ring (bicyclic) bond motifs is 1. The Hall–Kier alpha value is -2.47. The summed E-state index contributed by atoms with van der Waals surface area (Å²) < 4.78 is 16.1. The molecule has 4 rings (SSSR count). The number of ether oxygens (including phenoxy) is 2. The van der Waals surface area contributed by atoms with Crippen molar-refractivity contribution in [2.75, 3.05) is 19.9 Å². The van der Waals surface area contributed by atoms with Crippen molar-refractivity contribution in [2.45, 2.75) is 38.8 Å². The van der Waals surface area contributed by atoms with E-state index in [0.717, 1.165) is 37.4 Å². The molecule has 0 aliphatic carbocycles. The fourth-order valence-electron chi connectivity index (χ4n) is 3.66. The van der Waals surface area contributed by atoms with Crippen molar-refractivity contribution in [1.29, 1.82) is 0 Å². The van der Waals surface area contributed by atoms with Crippen LogP contribution in [0.15, 0.2) is 34.9 Å². The average Bonchev–Trinajstić information content (AvgIpc) is 3.29. The van der Waals surface area contributed by atoms with Crippen molar-refractivity contribution in [2.24, 2.45) is 0 Å². The highest BCUT2D eigenvalue weighted by molar-refractivity contribution is 5.95. The van der Waals surface area contributed by atoms with Crippen LogP contribution in [0.2, 0.25) is 0 Å². The lowest BCUT2D eigenvalue weighted by molar-refractivity contribution is 0.0700. The first kappa shape index (κ1) is 17.0.